The van der Waals surface area contributed by atoms with Gasteiger partial charge in [-0.25, -0.2) is 0 Å². The summed E-state index contributed by atoms with van der Waals surface area (Å²) in [7, 11) is 0. The van der Waals surface area contributed by atoms with Gasteiger partial charge >= 0.3 is 0 Å². The van der Waals surface area contributed by atoms with E-state index in [2.05, 4.69) is 155 Å². The van der Waals surface area contributed by atoms with E-state index in [1.165, 1.54) is 21.8 Å². The minimum absolute atomic E-state index is 0.355. The molecule has 2 aromatic heterocycles. The number of aromatic nitrogens is 2. The van der Waals surface area contributed by atoms with Gasteiger partial charge in [0.25, 0.3) is 0 Å². The number of rotatable bonds is 4. The lowest BCUT2D eigenvalue weighted by Crippen LogP contribution is -2.00. The molecule has 9 rings (SSSR count). The minimum Gasteiger partial charge on any atom is -0.309 e. The van der Waals surface area contributed by atoms with Crippen LogP contribution in [0.4, 0.5) is 0 Å². The second-order valence-electron chi connectivity index (χ2n) is 12.0. The van der Waals surface area contributed by atoms with E-state index in [0.717, 1.165) is 55.4 Å². The zero-order valence-corrected chi connectivity index (χ0v) is 25.8. The van der Waals surface area contributed by atoms with Gasteiger partial charge in [-0.2, -0.15) is 10.5 Å². The zero-order valence-electron chi connectivity index (χ0n) is 25.8. The number of fused-ring (bicyclic) bond motifs is 6. The lowest BCUT2D eigenvalue weighted by molar-refractivity contribution is 1.17. The Hall–Kier alpha value is -6.88. The smallest absolute Gasteiger partial charge is 0.101 e. The lowest BCUT2D eigenvalue weighted by atomic mass is 9.94. The zero-order chi connectivity index (χ0) is 32.2. The molecule has 48 heavy (non-hydrogen) atoms. The van der Waals surface area contributed by atoms with Crippen molar-refractivity contribution in [3.8, 4) is 45.8 Å². The van der Waals surface area contributed by atoms with Gasteiger partial charge in [-0.1, -0.05) is 103 Å². The van der Waals surface area contributed by atoms with Crippen molar-refractivity contribution in [2.45, 2.75) is 0 Å². The van der Waals surface area contributed by atoms with Crippen molar-refractivity contribution in [3.63, 3.8) is 0 Å². The van der Waals surface area contributed by atoms with Gasteiger partial charge in [0.2, 0.25) is 0 Å². The van der Waals surface area contributed by atoms with Crippen LogP contribution < -0.4 is 0 Å². The van der Waals surface area contributed by atoms with E-state index in [4.69, 9.17) is 0 Å². The molecule has 7 aromatic carbocycles. The Morgan fingerprint density at radius 1 is 0.375 bits per heavy atom. The van der Waals surface area contributed by atoms with E-state index in [9.17, 15) is 10.5 Å². The average Bonchev–Trinajstić information content (AvgIpc) is 3.67. The molecule has 0 spiro atoms. The number of benzene rings is 7. The maximum atomic E-state index is 10.1. The molecule has 0 unspecified atom stereocenters. The van der Waals surface area contributed by atoms with Crippen LogP contribution in [0.15, 0.2) is 158 Å². The highest BCUT2D eigenvalue weighted by Gasteiger charge is 2.19. The number of hydrogen-bond acceptors (Lipinski definition) is 2. The summed E-state index contributed by atoms with van der Waals surface area (Å²) in [6.45, 7) is 0. The van der Waals surface area contributed by atoms with Crippen molar-refractivity contribution in [3.05, 3.63) is 169 Å². The van der Waals surface area contributed by atoms with E-state index >= 15 is 0 Å². The van der Waals surface area contributed by atoms with Gasteiger partial charge < -0.3 is 9.13 Å². The van der Waals surface area contributed by atoms with Gasteiger partial charge in [-0.05, 0) is 71.3 Å². The van der Waals surface area contributed by atoms with Crippen molar-refractivity contribution in [1.29, 1.82) is 10.5 Å². The number of nitrogens with zero attached hydrogens (tertiary/aromatic N) is 4. The minimum atomic E-state index is 0.355. The number of para-hydroxylation sites is 4. The van der Waals surface area contributed by atoms with Crippen LogP contribution in [0.25, 0.3) is 77.2 Å². The fourth-order valence-corrected chi connectivity index (χ4v) is 7.26. The molecule has 4 nitrogen and oxygen atoms in total. The van der Waals surface area contributed by atoms with Crippen molar-refractivity contribution in [2.24, 2.45) is 0 Å². The van der Waals surface area contributed by atoms with Crippen LogP contribution in [0, 0.1) is 22.7 Å². The van der Waals surface area contributed by atoms with Crippen LogP contribution in [-0.2, 0) is 0 Å². The fourth-order valence-electron chi connectivity index (χ4n) is 7.26. The highest BCUT2D eigenvalue weighted by atomic mass is 15.0. The molecule has 0 bridgehead atoms. The van der Waals surface area contributed by atoms with Crippen LogP contribution >= 0.6 is 0 Å². The summed E-state index contributed by atoms with van der Waals surface area (Å²) in [5.74, 6) is 0. The van der Waals surface area contributed by atoms with Crippen molar-refractivity contribution >= 4 is 43.6 Å². The predicted molar refractivity (Wildman–Crippen MR) is 195 cm³/mol. The van der Waals surface area contributed by atoms with Crippen molar-refractivity contribution < 1.29 is 0 Å². The molecular formula is C44H26N4. The van der Waals surface area contributed by atoms with Gasteiger partial charge in [0.05, 0.1) is 38.9 Å². The molecule has 4 heteroatoms. The Morgan fingerprint density at radius 3 is 1.35 bits per heavy atom. The van der Waals surface area contributed by atoms with Gasteiger partial charge in [0, 0.05) is 32.8 Å². The normalized spacial score (nSPS) is 11.3. The summed E-state index contributed by atoms with van der Waals surface area (Å²) in [5.41, 5.74) is 11.1. The molecule has 0 fully saturated rings. The number of hydrogen-bond donors (Lipinski definition) is 0. The molecule has 0 saturated carbocycles. The molecule has 9 aromatic rings. The molecule has 0 saturated heterocycles. The first-order valence-electron chi connectivity index (χ1n) is 15.9. The van der Waals surface area contributed by atoms with Crippen LogP contribution in [0.2, 0.25) is 0 Å². The van der Waals surface area contributed by atoms with Crippen LogP contribution in [0.3, 0.4) is 0 Å². The second kappa shape index (κ2) is 10.9. The SMILES string of the molecule is N#Cc1cc(-c2cccc(-c3cccc(-n4c5ccccc5c5ccccc54)c3)c2)c(-n2c3ccccc3c3ccccc32)cc1C#N. The first-order valence-corrected chi connectivity index (χ1v) is 15.9. The second-order valence-corrected chi connectivity index (χ2v) is 12.0. The third-order valence-corrected chi connectivity index (χ3v) is 9.39. The molecule has 0 aliphatic carbocycles. The Bertz CT molecular complexity index is 2710. The summed E-state index contributed by atoms with van der Waals surface area (Å²) in [6, 6.07) is 59.1. The van der Waals surface area contributed by atoms with E-state index in [0.29, 0.717) is 11.1 Å². The van der Waals surface area contributed by atoms with E-state index < -0.39 is 0 Å². The van der Waals surface area contributed by atoms with Gasteiger partial charge in [-0.3, -0.25) is 0 Å². The van der Waals surface area contributed by atoms with Gasteiger partial charge in [-0.15, -0.1) is 0 Å². The number of nitriles is 2. The molecule has 0 aliphatic heterocycles. The third-order valence-electron chi connectivity index (χ3n) is 9.39. The summed E-state index contributed by atoms with van der Waals surface area (Å²) >= 11 is 0. The first-order chi connectivity index (χ1) is 23.7. The summed E-state index contributed by atoms with van der Waals surface area (Å²) < 4.78 is 4.55. The van der Waals surface area contributed by atoms with Crippen LogP contribution in [-0.4, -0.2) is 9.13 Å². The Balaban J connectivity index is 1.25. The monoisotopic (exact) mass is 610 g/mol. The molecule has 0 aliphatic rings. The topological polar surface area (TPSA) is 57.4 Å². The summed E-state index contributed by atoms with van der Waals surface area (Å²) in [6.07, 6.45) is 0. The molecular weight excluding hydrogens is 585 g/mol. The summed E-state index contributed by atoms with van der Waals surface area (Å²) in [5, 5.41) is 24.9. The molecule has 2 heterocycles. The Morgan fingerprint density at radius 2 is 0.812 bits per heavy atom. The highest BCUT2D eigenvalue weighted by Crippen LogP contribution is 2.39. The van der Waals surface area contributed by atoms with E-state index in [-0.39, 0.29) is 0 Å². The molecule has 222 valence electrons. The Labute approximate surface area is 277 Å². The van der Waals surface area contributed by atoms with Gasteiger partial charge in [0.1, 0.15) is 12.1 Å². The van der Waals surface area contributed by atoms with Crippen molar-refractivity contribution in [2.75, 3.05) is 0 Å². The Kier molecular flexibility index (Phi) is 6.22. The largest absolute Gasteiger partial charge is 0.309 e. The van der Waals surface area contributed by atoms with Gasteiger partial charge in [0.15, 0.2) is 0 Å². The molecule has 0 amide bonds. The molecule has 0 atom stereocenters. The maximum absolute atomic E-state index is 10.1. The predicted octanol–water partition coefficient (Wildman–Crippen LogP) is 11.0. The van der Waals surface area contributed by atoms with E-state index in [1.807, 2.05) is 24.3 Å². The quantitative estimate of drug-likeness (QED) is 0.199. The lowest BCUT2D eigenvalue weighted by Gasteiger charge is -2.16. The molecule has 0 radical (unpaired) electrons. The third kappa shape index (κ3) is 4.14. The fraction of sp³-hybridized carbons (Fsp3) is 0. The van der Waals surface area contributed by atoms with Crippen molar-refractivity contribution in [1.82, 2.24) is 9.13 Å². The standard InChI is InChI=1S/C44H26N4/c45-27-32-25-39(44(26-33(32)28-46)48-42-21-7-3-17-37(42)38-18-4-8-22-43(38)48)31-13-9-11-29(23-31)30-12-10-14-34(24-30)47-40-19-5-1-15-35(40)36-16-2-6-20-41(36)47/h1-26H. The summed E-state index contributed by atoms with van der Waals surface area (Å²) in [4.78, 5) is 0. The maximum Gasteiger partial charge on any atom is 0.101 e. The van der Waals surface area contributed by atoms with Crippen LogP contribution in [0.5, 0.6) is 0 Å². The first kappa shape index (κ1) is 27.4. The van der Waals surface area contributed by atoms with Crippen LogP contribution in [0.1, 0.15) is 11.1 Å². The average molecular weight is 611 g/mol. The van der Waals surface area contributed by atoms with E-state index in [1.54, 1.807) is 0 Å². The molecule has 0 N–H and O–H groups in total. The highest BCUT2D eigenvalue weighted by molar-refractivity contribution is 6.10.